The quantitative estimate of drug-likeness (QED) is 0.662. The van der Waals surface area contributed by atoms with Crippen LogP contribution in [0, 0.1) is 6.92 Å². The van der Waals surface area contributed by atoms with E-state index >= 15 is 0 Å². The second kappa shape index (κ2) is 9.38. The summed E-state index contributed by atoms with van der Waals surface area (Å²) in [4.78, 5) is 10.7. The molecule has 28 heavy (non-hydrogen) atoms. The van der Waals surface area contributed by atoms with Crippen LogP contribution in [0.1, 0.15) is 23.7 Å². The summed E-state index contributed by atoms with van der Waals surface area (Å²) in [5.41, 5.74) is 7.53. The zero-order valence-corrected chi connectivity index (χ0v) is 16.5. The lowest BCUT2D eigenvalue weighted by Gasteiger charge is -2.31. The van der Waals surface area contributed by atoms with Crippen molar-refractivity contribution in [2.45, 2.75) is 25.5 Å². The molecular formula is C19H25ClN4O4. The van der Waals surface area contributed by atoms with Crippen molar-refractivity contribution in [2.24, 2.45) is 0 Å². The van der Waals surface area contributed by atoms with Crippen molar-refractivity contribution in [1.29, 1.82) is 0 Å². The Labute approximate surface area is 168 Å². The molecule has 1 fully saturated rings. The number of aryl methyl sites for hydroxylation is 1. The second-order valence-corrected chi connectivity index (χ2v) is 7.10. The molecule has 0 aliphatic carbocycles. The van der Waals surface area contributed by atoms with E-state index in [1.165, 1.54) is 0 Å². The van der Waals surface area contributed by atoms with Crippen LogP contribution in [0.3, 0.4) is 0 Å². The Morgan fingerprint density at radius 1 is 1.39 bits per heavy atom. The average molecular weight is 409 g/mol. The third kappa shape index (κ3) is 5.02. The molecule has 2 aromatic rings. The molecule has 0 spiro atoms. The highest BCUT2D eigenvalue weighted by atomic mass is 35.5. The van der Waals surface area contributed by atoms with E-state index in [9.17, 15) is 5.11 Å². The second-order valence-electron chi connectivity index (χ2n) is 6.69. The SMILES string of the molecule is Cc1cc(N2CCCOC[C@H]2c2ccc(OCC(O)CO)cc2Cl)nc(N)n1. The van der Waals surface area contributed by atoms with Gasteiger partial charge in [-0.2, -0.15) is 4.98 Å². The summed E-state index contributed by atoms with van der Waals surface area (Å²) in [6, 6.07) is 7.13. The van der Waals surface area contributed by atoms with Crippen molar-refractivity contribution in [3.05, 3.63) is 40.5 Å². The highest BCUT2D eigenvalue weighted by molar-refractivity contribution is 6.31. The van der Waals surface area contributed by atoms with Crippen LogP contribution in [0.2, 0.25) is 5.02 Å². The Balaban J connectivity index is 1.87. The van der Waals surface area contributed by atoms with E-state index in [2.05, 4.69) is 14.9 Å². The molecule has 0 bridgehead atoms. The van der Waals surface area contributed by atoms with E-state index in [4.69, 9.17) is 31.9 Å². The molecule has 1 saturated heterocycles. The zero-order chi connectivity index (χ0) is 20.1. The van der Waals surface area contributed by atoms with Gasteiger partial charge in [-0.1, -0.05) is 17.7 Å². The van der Waals surface area contributed by atoms with Gasteiger partial charge in [-0.25, -0.2) is 4.98 Å². The van der Waals surface area contributed by atoms with Gasteiger partial charge in [0.15, 0.2) is 0 Å². The van der Waals surface area contributed by atoms with Crippen LogP contribution in [-0.2, 0) is 4.74 Å². The Morgan fingerprint density at radius 3 is 2.93 bits per heavy atom. The van der Waals surface area contributed by atoms with Gasteiger partial charge >= 0.3 is 0 Å². The van der Waals surface area contributed by atoms with E-state index in [0.717, 1.165) is 30.0 Å². The lowest BCUT2D eigenvalue weighted by molar-refractivity contribution is 0.0536. The molecule has 4 N–H and O–H groups in total. The molecule has 0 saturated carbocycles. The van der Waals surface area contributed by atoms with Crippen molar-refractivity contribution in [1.82, 2.24) is 9.97 Å². The fourth-order valence-electron chi connectivity index (χ4n) is 3.14. The number of hydrogen-bond acceptors (Lipinski definition) is 8. The van der Waals surface area contributed by atoms with Gasteiger partial charge in [0.25, 0.3) is 0 Å². The number of nitrogens with zero attached hydrogens (tertiary/aromatic N) is 3. The maximum atomic E-state index is 9.43. The first-order valence-electron chi connectivity index (χ1n) is 9.14. The van der Waals surface area contributed by atoms with Crippen molar-refractivity contribution in [3.63, 3.8) is 0 Å². The first-order valence-corrected chi connectivity index (χ1v) is 9.52. The molecule has 1 aliphatic heterocycles. The van der Waals surface area contributed by atoms with E-state index in [1.807, 2.05) is 19.1 Å². The highest BCUT2D eigenvalue weighted by Crippen LogP contribution is 2.34. The number of nitrogens with two attached hydrogens (primary N) is 1. The molecule has 1 aromatic heterocycles. The summed E-state index contributed by atoms with van der Waals surface area (Å²) < 4.78 is 11.3. The molecule has 3 rings (SSSR count). The predicted octanol–water partition coefficient (Wildman–Crippen LogP) is 1.72. The standard InChI is InChI=1S/C19H25ClN4O4/c1-12-7-18(23-19(21)22-12)24-5-2-6-27-11-17(24)15-4-3-14(8-16(15)20)28-10-13(26)9-25/h3-4,7-8,13,17,25-26H,2,5-6,9-11H2,1H3,(H2,21,22,23)/t13?,17-/m0/s1. The highest BCUT2D eigenvalue weighted by Gasteiger charge is 2.27. The van der Waals surface area contributed by atoms with Gasteiger partial charge in [-0.3, -0.25) is 0 Å². The van der Waals surface area contributed by atoms with Gasteiger partial charge in [0.2, 0.25) is 5.95 Å². The number of ether oxygens (including phenoxy) is 2. The summed E-state index contributed by atoms with van der Waals surface area (Å²) in [5.74, 6) is 1.49. The van der Waals surface area contributed by atoms with Gasteiger partial charge in [-0.15, -0.1) is 0 Å². The monoisotopic (exact) mass is 408 g/mol. The lowest BCUT2D eigenvalue weighted by atomic mass is 10.1. The maximum Gasteiger partial charge on any atom is 0.222 e. The number of anilines is 2. The first-order chi connectivity index (χ1) is 13.5. The van der Waals surface area contributed by atoms with Crippen LogP contribution in [0.25, 0.3) is 0 Å². The number of aromatic nitrogens is 2. The van der Waals surface area contributed by atoms with E-state index in [0.29, 0.717) is 24.0 Å². The number of halogens is 1. The number of nitrogen functional groups attached to an aromatic ring is 1. The smallest absolute Gasteiger partial charge is 0.222 e. The predicted molar refractivity (Wildman–Crippen MR) is 107 cm³/mol. The Morgan fingerprint density at radius 2 is 2.21 bits per heavy atom. The van der Waals surface area contributed by atoms with Crippen LogP contribution >= 0.6 is 11.6 Å². The minimum atomic E-state index is -0.935. The molecule has 1 aromatic carbocycles. The fourth-order valence-corrected chi connectivity index (χ4v) is 3.44. The summed E-state index contributed by atoms with van der Waals surface area (Å²) >= 11 is 6.55. The lowest BCUT2D eigenvalue weighted by Crippen LogP contribution is -2.32. The van der Waals surface area contributed by atoms with Crippen LogP contribution in [0.15, 0.2) is 24.3 Å². The number of rotatable bonds is 6. The molecule has 9 heteroatoms. The molecule has 1 aliphatic rings. The number of aliphatic hydroxyl groups is 2. The Bertz CT molecular complexity index is 787. The van der Waals surface area contributed by atoms with Crippen LogP contribution in [-0.4, -0.2) is 59.3 Å². The largest absolute Gasteiger partial charge is 0.491 e. The molecular weight excluding hydrogens is 384 g/mol. The van der Waals surface area contributed by atoms with E-state index < -0.39 is 6.10 Å². The van der Waals surface area contributed by atoms with Gasteiger partial charge in [0, 0.05) is 29.9 Å². The summed E-state index contributed by atoms with van der Waals surface area (Å²) in [7, 11) is 0. The van der Waals surface area contributed by atoms with Gasteiger partial charge in [0.1, 0.15) is 24.3 Å². The van der Waals surface area contributed by atoms with Crippen LogP contribution in [0.4, 0.5) is 11.8 Å². The minimum absolute atomic E-state index is 0.00959. The van der Waals surface area contributed by atoms with Gasteiger partial charge in [0.05, 0.1) is 19.3 Å². The zero-order valence-electron chi connectivity index (χ0n) is 15.7. The van der Waals surface area contributed by atoms with Crippen molar-refractivity contribution in [3.8, 4) is 5.75 Å². The molecule has 8 nitrogen and oxygen atoms in total. The van der Waals surface area contributed by atoms with Crippen molar-refractivity contribution >= 4 is 23.4 Å². The van der Waals surface area contributed by atoms with Crippen molar-refractivity contribution in [2.75, 3.05) is 43.6 Å². The van der Waals surface area contributed by atoms with E-state index in [1.54, 1.807) is 12.1 Å². The van der Waals surface area contributed by atoms with Crippen LogP contribution < -0.4 is 15.4 Å². The molecule has 152 valence electrons. The summed E-state index contributed by atoms with van der Waals surface area (Å²) in [6.07, 6.45) is -0.0761. The molecule has 2 heterocycles. The molecule has 0 radical (unpaired) electrons. The Hall–Kier alpha value is -2.13. The molecule has 1 unspecified atom stereocenters. The Kier molecular flexibility index (Phi) is 6.90. The minimum Gasteiger partial charge on any atom is -0.491 e. The summed E-state index contributed by atoms with van der Waals surface area (Å²) in [5, 5.41) is 18.8. The number of aliphatic hydroxyl groups excluding tert-OH is 2. The number of hydrogen-bond donors (Lipinski definition) is 3. The first kappa shape index (κ1) is 20.6. The number of benzene rings is 1. The maximum absolute atomic E-state index is 9.43. The van der Waals surface area contributed by atoms with Gasteiger partial charge < -0.3 is 30.3 Å². The van der Waals surface area contributed by atoms with Crippen molar-refractivity contribution < 1.29 is 19.7 Å². The van der Waals surface area contributed by atoms with Crippen LogP contribution in [0.5, 0.6) is 5.75 Å². The normalized spacial score (nSPS) is 18.6. The van der Waals surface area contributed by atoms with E-state index in [-0.39, 0.29) is 25.2 Å². The summed E-state index contributed by atoms with van der Waals surface area (Å²) in [6.45, 7) is 3.38. The molecule has 2 atom stereocenters. The fraction of sp³-hybridized carbons (Fsp3) is 0.474. The van der Waals surface area contributed by atoms with Gasteiger partial charge in [-0.05, 0) is 31.0 Å². The average Bonchev–Trinajstić information content (AvgIpc) is 2.91. The third-order valence-corrected chi connectivity index (χ3v) is 4.80. The topological polar surface area (TPSA) is 114 Å². The molecule has 0 amide bonds. The third-order valence-electron chi connectivity index (χ3n) is 4.48.